The van der Waals surface area contributed by atoms with Crippen LogP contribution < -0.4 is 5.32 Å². The lowest BCUT2D eigenvalue weighted by atomic mass is 10.0. The van der Waals surface area contributed by atoms with Crippen LogP contribution in [0.15, 0.2) is 54.6 Å². The van der Waals surface area contributed by atoms with E-state index in [0.717, 1.165) is 18.4 Å². The molecule has 2 aromatic rings. The van der Waals surface area contributed by atoms with Gasteiger partial charge in [0.15, 0.2) is 0 Å². The van der Waals surface area contributed by atoms with Gasteiger partial charge in [0.25, 0.3) is 5.91 Å². The summed E-state index contributed by atoms with van der Waals surface area (Å²) in [5.41, 5.74) is 2.24. The molecule has 1 amide bonds. The van der Waals surface area contributed by atoms with Crippen molar-refractivity contribution in [3.8, 4) is 6.07 Å². The minimum Gasteiger partial charge on any atom is -0.345 e. The Morgan fingerprint density at radius 1 is 1.14 bits per heavy atom. The number of hydrogen-bond donors (Lipinski definition) is 1. The molecule has 3 heteroatoms. The van der Waals surface area contributed by atoms with Crippen molar-refractivity contribution >= 4 is 5.91 Å². The third kappa shape index (κ3) is 3.93. The number of hydrogen-bond acceptors (Lipinski definition) is 2. The SMILES string of the molecule is CCCC(NC(=O)c1ccc(C#N)cc1)c1ccccc1. The van der Waals surface area contributed by atoms with Crippen molar-refractivity contribution in [2.24, 2.45) is 0 Å². The molecule has 0 aliphatic carbocycles. The van der Waals surface area contributed by atoms with Crippen LogP contribution >= 0.6 is 0 Å². The zero-order valence-electron chi connectivity index (χ0n) is 12.0. The van der Waals surface area contributed by atoms with E-state index in [2.05, 4.69) is 12.2 Å². The van der Waals surface area contributed by atoms with Crippen molar-refractivity contribution < 1.29 is 4.79 Å². The second-order valence-corrected chi connectivity index (χ2v) is 4.91. The summed E-state index contributed by atoms with van der Waals surface area (Å²) < 4.78 is 0. The summed E-state index contributed by atoms with van der Waals surface area (Å²) in [6, 6.07) is 18.7. The fourth-order valence-corrected chi connectivity index (χ4v) is 2.23. The minimum atomic E-state index is -0.109. The summed E-state index contributed by atoms with van der Waals surface area (Å²) in [5, 5.41) is 11.8. The molecule has 0 bridgehead atoms. The van der Waals surface area contributed by atoms with E-state index < -0.39 is 0 Å². The molecule has 1 N–H and O–H groups in total. The van der Waals surface area contributed by atoms with Gasteiger partial charge in [0, 0.05) is 5.56 Å². The molecule has 1 atom stereocenters. The number of carbonyl (C=O) groups excluding carboxylic acids is 1. The van der Waals surface area contributed by atoms with Crippen LogP contribution in [-0.2, 0) is 0 Å². The Balaban J connectivity index is 2.13. The molecule has 0 radical (unpaired) electrons. The molecule has 0 saturated carbocycles. The molecule has 2 rings (SSSR count). The summed E-state index contributed by atoms with van der Waals surface area (Å²) in [6.07, 6.45) is 1.89. The Hall–Kier alpha value is -2.60. The topological polar surface area (TPSA) is 52.9 Å². The molecule has 2 aromatic carbocycles. The van der Waals surface area contributed by atoms with Gasteiger partial charge in [-0.05, 0) is 36.2 Å². The number of nitriles is 1. The number of amides is 1. The molecule has 0 aliphatic heterocycles. The van der Waals surface area contributed by atoms with E-state index in [1.54, 1.807) is 24.3 Å². The Morgan fingerprint density at radius 3 is 2.38 bits per heavy atom. The second-order valence-electron chi connectivity index (χ2n) is 4.91. The smallest absolute Gasteiger partial charge is 0.251 e. The van der Waals surface area contributed by atoms with Gasteiger partial charge < -0.3 is 5.32 Å². The Bertz CT molecular complexity index is 627. The maximum absolute atomic E-state index is 12.3. The molecular formula is C18H18N2O. The number of benzene rings is 2. The summed E-state index contributed by atoms with van der Waals surface area (Å²) >= 11 is 0. The van der Waals surface area contributed by atoms with Crippen LogP contribution in [0.1, 0.15) is 47.3 Å². The highest BCUT2D eigenvalue weighted by molar-refractivity contribution is 5.94. The van der Waals surface area contributed by atoms with Crippen molar-refractivity contribution in [3.63, 3.8) is 0 Å². The lowest BCUT2D eigenvalue weighted by Crippen LogP contribution is -2.28. The standard InChI is InChI=1S/C18H18N2O/c1-2-6-17(15-7-4-3-5-8-15)20-18(21)16-11-9-14(13-19)10-12-16/h3-5,7-12,17H,2,6H2,1H3,(H,20,21). The Labute approximate surface area is 125 Å². The van der Waals surface area contributed by atoms with E-state index in [0.29, 0.717) is 11.1 Å². The average Bonchev–Trinajstić information content (AvgIpc) is 2.55. The minimum absolute atomic E-state index is 0.0133. The maximum Gasteiger partial charge on any atom is 0.251 e. The predicted molar refractivity (Wildman–Crippen MR) is 82.7 cm³/mol. The molecule has 21 heavy (non-hydrogen) atoms. The zero-order chi connectivity index (χ0) is 15.1. The summed E-state index contributed by atoms with van der Waals surface area (Å²) in [7, 11) is 0. The molecule has 0 aliphatic rings. The number of rotatable bonds is 5. The van der Waals surface area contributed by atoms with Crippen molar-refractivity contribution in [1.82, 2.24) is 5.32 Å². The molecule has 0 saturated heterocycles. The van der Waals surface area contributed by atoms with E-state index in [4.69, 9.17) is 5.26 Å². The van der Waals surface area contributed by atoms with Gasteiger partial charge in [-0.2, -0.15) is 5.26 Å². The van der Waals surface area contributed by atoms with Gasteiger partial charge in [-0.15, -0.1) is 0 Å². The van der Waals surface area contributed by atoms with E-state index in [1.165, 1.54) is 0 Å². The van der Waals surface area contributed by atoms with Crippen molar-refractivity contribution in [2.75, 3.05) is 0 Å². The maximum atomic E-state index is 12.3. The van der Waals surface area contributed by atoms with Crippen LogP contribution in [-0.4, -0.2) is 5.91 Å². The lowest BCUT2D eigenvalue weighted by Gasteiger charge is -2.18. The van der Waals surface area contributed by atoms with Crippen LogP contribution in [0, 0.1) is 11.3 Å². The first kappa shape index (κ1) is 14.8. The molecule has 0 fully saturated rings. The first-order valence-corrected chi connectivity index (χ1v) is 7.10. The normalized spacial score (nSPS) is 11.4. The summed E-state index contributed by atoms with van der Waals surface area (Å²) in [4.78, 5) is 12.3. The van der Waals surface area contributed by atoms with Crippen LogP contribution in [0.25, 0.3) is 0 Å². The highest BCUT2D eigenvalue weighted by Gasteiger charge is 2.14. The fraction of sp³-hybridized carbons (Fsp3) is 0.222. The van der Waals surface area contributed by atoms with Gasteiger partial charge in [-0.25, -0.2) is 0 Å². The summed E-state index contributed by atoms with van der Waals surface area (Å²) in [5.74, 6) is -0.109. The van der Waals surface area contributed by atoms with Gasteiger partial charge in [-0.3, -0.25) is 4.79 Å². The monoisotopic (exact) mass is 278 g/mol. The van der Waals surface area contributed by atoms with Crippen molar-refractivity contribution in [1.29, 1.82) is 5.26 Å². The number of carbonyl (C=O) groups is 1. The Kier molecular flexibility index (Phi) is 5.11. The van der Waals surface area contributed by atoms with Crippen LogP contribution in [0.3, 0.4) is 0 Å². The molecular weight excluding hydrogens is 260 g/mol. The third-order valence-electron chi connectivity index (χ3n) is 3.36. The molecule has 3 nitrogen and oxygen atoms in total. The van der Waals surface area contributed by atoms with Gasteiger partial charge in [0.1, 0.15) is 0 Å². The van der Waals surface area contributed by atoms with Crippen molar-refractivity contribution in [2.45, 2.75) is 25.8 Å². The van der Waals surface area contributed by atoms with E-state index in [9.17, 15) is 4.79 Å². The molecule has 106 valence electrons. The van der Waals surface area contributed by atoms with E-state index >= 15 is 0 Å². The molecule has 0 heterocycles. The third-order valence-corrected chi connectivity index (χ3v) is 3.36. The Morgan fingerprint density at radius 2 is 1.81 bits per heavy atom. The predicted octanol–water partition coefficient (Wildman–Crippen LogP) is 3.83. The number of nitrogens with one attached hydrogen (secondary N) is 1. The quantitative estimate of drug-likeness (QED) is 0.903. The van der Waals surface area contributed by atoms with Crippen LogP contribution in [0.4, 0.5) is 0 Å². The van der Waals surface area contributed by atoms with Gasteiger partial charge in [0.2, 0.25) is 0 Å². The molecule has 0 aromatic heterocycles. The van der Waals surface area contributed by atoms with E-state index in [-0.39, 0.29) is 11.9 Å². The fourth-order valence-electron chi connectivity index (χ4n) is 2.23. The van der Waals surface area contributed by atoms with Crippen molar-refractivity contribution in [3.05, 3.63) is 71.3 Å². The summed E-state index contributed by atoms with van der Waals surface area (Å²) in [6.45, 7) is 2.10. The highest BCUT2D eigenvalue weighted by atomic mass is 16.1. The van der Waals surface area contributed by atoms with E-state index in [1.807, 2.05) is 36.4 Å². The van der Waals surface area contributed by atoms with Gasteiger partial charge in [-0.1, -0.05) is 43.7 Å². The lowest BCUT2D eigenvalue weighted by molar-refractivity contribution is 0.0934. The van der Waals surface area contributed by atoms with Gasteiger partial charge in [0.05, 0.1) is 17.7 Å². The number of nitrogens with zero attached hydrogens (tertiary/aromatic N) is 1. The first-order valence-electron chi connectivity index (χ1n) is 7.10. The largest absolute Gasteiger partial charge is 0.345 e. The highest BCUT2D eigenvalue weighted by Crippen LogP contribution is 2.19. The first-order chi connectivity index (χ1) is 10.2. The molecule has 0 spiro atoms. The molecule has 1 unspecified atom stereocenters. The van der Waals surface area contributed by atoms with Crippen LogP contribution in [0.5, 0.6) is 0 Å². The zero-order valence-corrected chi connectivity index (χ0v) is 12.0. The average molecular weight is 278 g/mol. The van der Waals surface area contributed by atoms with Crippen LogP contribution in [0.2, 0.25) is 0 Å². The van der Waals surface area contributed by atoms with Gasteiger partial charge >= 0.3 is 0 Å². The second kappa shape index (κ2) is 7.25.